The molecule has 3 nitrogen and oxygen atoms in total. The van der Waals surface area contributed by atoms with Gasteiger partial charge in [-0.2, -0.15) is 0 Å². The van der Waals surface area contributed by atoms with Gasteiger partial charge in [0.25, 0.3) is 0 Å². The lowest BCUT2D eigenvalue weighted by molar-refractivity contribution is 0.0618. The molecular formula is C17H29NO2Si. The van der Waals surface area contributed by atoms with Crippen LogP contribution in [-0.2, 0) is 0 Å². The van der Waals surface area contributed by atoms with Crippen molar-refractivity contribution in [2.75, 3.05) is 0 Å². The molecule has 1 aliphatic rings. The van der Waals surface area contributed by atoms with Crippen molar-refractivity contribution in [2.24, 2.45) is 11.7 Å². The molecule has 1 aromatic rings. The van der Waals surface area contributed by atoms with E-state index in [0.29, 0.717) is 5.92 Å². The molecular weight excluding hydrogens is 278 g/mol. The molecule has 118 valence electrons. The first kappa shape index (κ1) is 16.5. The summed E-state index contributed by atoms with van der Waals surface area (Å²) < 4.78 is 5.95. The van der Waals surface area contributed by atoms with Gasteiger partial charge in [-0.25, -0.2) is 0 Å². The fourth-order valence-electron chi connectivity index (χ4n) is 3.08. The van der Waals surface area contributed by atoms with Gasteiger partial charge in [-0.1, -0.05) is 31.4 Å². The number of aliphatic hydroxyl groups excluding tert-OH is 1. The second-order valence-electron chi connectivity index (χ2n) is 7.20. The van der Waals surface area contributed by atoms with Crippen molar-refractivity contribution < 1.29 is 9.53 Å². The van der Waals surface area contributed by atoms with Crippen LogP contribution in [0.2, 0.25) is 19.6 Å². The molecule has 0 spiro atoms. The monoisotopic (exact) mass is 307 g/mol. The maximum absolute atomic E-state index is 10.5. The molecule has 0 heterocycles. The molecule has 0 radical (unpaired) electrons. The fourth-order valence-corrected chi connectivity index (χ4v) is 3.92. The molecule has 0 aliphatic heterocycles. The van der Waals surface area contributed by atoms with Crippen molar-refractivity contribution in [2.45, 2.75) is 63.9 Å². The SMILES string of the molecule is C[Si](C)(C)Oc1ccc([C@@H](N)[C@@H](O)C2CCCCC2)cc1. The largest absolute Gasteiger partial charge is 0.544 e. The Hall–Kier alpha value is -0.843. The minimum absolute atomic E-state index is 0.297. The van der Waals surface area contributed by atoms with Crippen LogP contribution in [0.15, 0.2) is 24.3 Å². The topological polar surface area (TPSA) is 55.5 Å². The van der Waals surface area contributed by atoms with E-state index in [1.165, 1.54) is 19.3 Å². The average molecular weight is 308 g/mol. The number of aliphatic hydroxyl groups is 1. The lowest BCUT2D eigenvalue weighted by Gasteiger charge is -2.30. The van der Waals surface area contributed by atoms with E-state index in [2.05, 4.69) is 19.6 Å². The van der Waals surface area contributed by atoms with Crippen molar-refractivity contribution in [1.29, 1.82) is 0 Å². The summed E-state index contributed by atoms with van der Waals surface area (Å²) in [6.45, 7) is 6.50. The summed E-state index contributed by atoms with van der Waals surface area (Å²) in [4.78, 5) is 0. The van der Waals surface area contributed by atoms with E-state index in [1.807, 2.05) is 24.3 Å². The van der Waals surface area contributed by atoms with Crippen LogP contribution < -0.4 is 10.2 Å². The highest BCUT2D eigenvalue weighted by Gasteiger charge is 2.27. The van der Waals surface area contributed by atoms with Gasteiger partial charge in [0.1, 0.15) is 5.75 Å². The third kappa shape index (κ3) is 4.83. The number of rotatable bonds is 5. The smallest absolute Gasteiger partial charge is 0.242 e. The predicted molar refractivity (Wildman–Crippen MR) is 89.9 cm³/mol. The van der Waals surface area contributed by atoms with Gasteiger partial charge in [-0.3, -0.25) is 0 Å². The van der Waals surface area contributed by atoms with Gasteiger partial charge in [0, 0.05) is 0 Å². The average Bonchev–Trinajstić information content (AvgIpc) is 2.46. The second-order valence-corrected chi connectivity index (χ2v) is 11.6. The zero-order valence-electron chi connectivity index (χ0n) is 13.5. The highest BCUT2D eigenvalue weighted by atomic mass is 28.4. The van der Waals surface area contributed by atoms with E-state index < -0.39 is 14.4 Å². The summed E-state index contributed by atoms with van der Waals surface area (Å²) in [7, 11) is -1.57. The number of hydrogen-bond donors (Lipinski definition) is 2. The normalized spacial score (nSPS) is 20.0. The molecule has 2 atom stereocenters. The molecule has 1 fully saturated rings. The summed E-state index contributed by atoms with van der Waals surface area (Å²) in [5.41, 5.74) is 7.26. The van der Waals surface area contributed by atoms with Crippen molar-refractivity contribution in [3.63, 3.8) is 0 Å². The van der Waals surface area contributed by atoms with Gasteiger partial charge in [0.2, 0.25) is 8.32 Å². The highest BCUT2D eigenvalue weighted by Crippen LogP contribution is 2.31. The molecule has 0 bridgehead atoms. The highest BCUT2D eigenvalue weighted by molar-refractivity contribution is 6.70. The predicted octanol–water partition coefficient (Wildman–Crippen LogP) is 3.84. The molecule has 3 N–H and O–H groups in total. The van der Waals surface area contributed by atoms with Crippen molar-refractivity contribution in [3.8, 4) is 5.75 Å². The minimum Gasteiger partial charge on any atom is -0.544 e. The Morgan fingerprint density at radius 2 is 1.67 bits per heavy atom. The third-order valence-corrected chi connectivity index (χ3v) is 5.04. The molecule has 21 heavy (non-hydrogen) atoms. The van der Waals surface area contributed by atoms with Crippen LogP contribution in [0.5, 0.6) is 5.75 Å². The summed E-state index contributed by atoms with van der Waals surface area (Å²) in [6.07, 6.45) is 5.50. The van der Waals surface area contributed by atoms with Crippen molar-refractivity contribution in [3.05, 3.63) is 29.8 Å². The Labute approximate surface area is 129 Å². The van der Waals surface area contributed by atoms with Gasteiger partial charge in [-0.15, -0.1) is 0 Å². The van der Waals surface area contributed by atoms with Crippen LogP contribution in [-0.4, -0.2) is 19.5 Å². The first-order valence-electron chi connectivity index (χ1n) is 8.09. The number of benzene rings is 1. The van der Waals surface area contributed by atoms with Gasteiger partial charge in [0.05, 0.1) is 12.1 Å². The molecule has 0 amide bonds. The Balaban J connectivity index is 2.00. The van der Waals surface area contributed by atoms with E-state index in [4.69, 9.17) is 10.2 Å². The standard InChI is InChI=1S/C17H29NO2Si/c1-21(2,3)20-15-11-9-13(10-12-15)16(18)17(19)14-7-5-4-6-8-14/h9-12,14,16-17,19H,4-8,18H2,1-3H3/t16-,17+/m1/s1. The number of nitrogens with two attached hydrogens (primary N) is 1. The van der Waals surface area contributed by atoms with Crippen LogP contribution in [0.3, 0.4) is 0 Å². The van der Waals surface area contributed by atoms with Gasteiger partial charge < -0.3 is 15.3 Å². The van der Waals surface area contributed by atoms with Crippen LogP contribution in [0, 0.1) is 5.92 Å². The lowest BCUT2D eigenvalue weighted by Crippen LogP contribution is -2.34. The maximum atomic E-state index is 10.5. The van der Waals surface area contributed by atoms with Gasteiger partial charge >= 0.3 is 0 Å². The zero-order valence-corrected chi connectivity index (χ0v) is 14.5. The molecule has 2 rings (SSSR count). The van der Waals surface area contributed by atoms with Crippen LogP contribution >= 0.6 is 0 Å². The summed E-state index contributed by atoms with van der Waals surface area (Å²) >= 11 is 0. The Morgan fingerprint density at radius 1 is 1.10 bits per heavy atom. The molecule has 1 aromatic carbocycles. The molecule has 1 aliphatic carbocycles. The van der Waals surface area contributed by atoms with Crippen molar-refractivity contribution in [1.82, 2.24) is 0 Å². The molecule has 0 saturated heterocycles. The van der Waals surface area contributed by atoms with E-state index in [1.54, 1.807) is 0 Å². The first-order chi connectivity index (χ1) is 9.87. The van der Waals surface area contributed by atoms with E-state index in [0.717, 1.165) is 24.2 Å². The van der Waals surface area contributed by atoms with Gasteiger partial charge in [0.15, 0.2) is 0 Å². The van der Waals surface area contributed by atoms with Crippen molar-refractivity contribution >= 4 is 8.32 Å². The van der Waals surface area contributed by atoms with Crippen LogP contribution in [0.4, 0.5) is 0 Å². The van der Waals surface area contributed by atoms with Gasteiger partial charge in [-0.05, 0) is 56.1 Å². The van der Waals surface area contributed by atoms with E-state index in [9.17, 15) is 5.11 Å². The summed E-state index contributed by atoms with van der Waals surface area (Å²) in [5.74, 6) is 1.25. The molecule has 1 saturated carbocycles. The second kappa shape index (κ2) is 6.94. The Kier molecular flexibility index (Phi) is 5.46. The van der Waals surface area contributed by atoms with Crippen LogP contribution in [0.25, 0.3) is 0 Å². The molecule has 0 aromatic heterocycles. The lowest BCUT2D eigenvalue weighted by atomic mass is 9.81. The zero-order chi connectivity index (χ0) is 15.5. The quantitative estimate of drug-likeness (QED) is 0.813. The minimum atomic E-state index is -1.57. The Bertz CT molecular complexity index is 435. The van der Waals surface area contributed by atoms with Crippen LogP contribution in [0.1, 0.15) is 43.7 Å². The fraction of sp³-hybridized carbons (Fsp3) is 0.647. The number of hydrogen-bond acceptors (Lipinski definition) is 3. The molecule has 0 unspecified atom stereocenters. The molecule has 4 heteroatoms. The van der Waals surface area contributed by atoms with E-state index >= 15 is 0 Å². The van der Waals surface area contributed by atoms with E-state index in [-0.39, 0.29) is 6.04 Å². The third-order valence-electron chi connectivity index (χ3n) is 4.19. The summed E-state index contributed by atoms with van der Waals surface area (Å²) in [6, 6.07) is 7.63. The first-order valence-corrected chi connectivity index (χ1v) is 11.5. The maximum Gasteiger partial charge on any atom is 0.242 e. The summed E-state index contributed by atoms with van der Waals surface area (Å²) in [5, 5.41) is 10.5. The Morgan fingerprint density at radius 3 is 2.19 bits per heavy atom.